The van der Waals surface area contributed by atoms with Crippen molar-refractivity contribution in [2.75, 3.05) is 17.4 Å². The Hall–Kier alpha value is -3.46. The molecule has 0 atom stereocenters. The number of hydrogen-bond donors (Lipinski definition) is 3. The summed E-state index contributed by atoms with van der Waals surface area (Å²) in [5, 5.41) is 14.2. The fraction of sp³-hybridized carbons (Fsp3) is 0.176. The minimum Gasteiger partial charge on any atom is -0.496 e. The summed E-state index contributed by atoms with van der Waals surface area (Å²) in [7, 11) is 1.55. The summed E-state index contributed by atoms with van der Waals surface area (Å²) < 4.78 is 5.31. The molecule has 0 radical (unpaired) electrons. The van der Waals surface area contributed by atoms with Gasteiger partial charge in [0, 0.05) is 12.1 Å². The number of H-pyrrole nitrogens is 1. The Morgan fingerprint density at radius 2 is 2.19 bits per heavy atom. The van der Waals surface area contributed by atoms with Crippen LogP contribution in [0, 0.1) is 0 Å². The summed E-state index contributed by atoms with van der Waals surface area (Å²) in [5.41, 5.74) is 3.42. The lowest BCUT2D eigenvalue weighted by Gasteiger charge is -2.14. The number of nitrogens with two attached hydrogens (primary N) is 1. The van der Waals surface area contributed by atoms with Crippen molar-refractivity contribution in [2.24, 2.45) is 5.84 Å². The Morgan fingerprint density at radius 3 is 2.96 bits per heavy atom. The van der Waals surface area contributed by atoms with Crippen molar-refractivity contribution in [3.8, 4) is 5.75 Å². The minimum absolute atomic E-state index is 0.153. The number of aryl methyl sites for hydroxylation is 1. The molecule has 26 heavy (non-hydrogen) atoms. The van der Waals surface area contributed by atoms with Gasteiger partial charge in [-0.1, -0.05) is 5.21 Å². The number of hydrogen-bond acceptors (Lipinski definition) is 6. The van der Waals surface area contributed by atoms with Gasteiger partial charge in [-0.15, -0.1) is 5.10 Å². The zero-order valence-electron chi connectivity index (χ0n) is 14.1. The molecular formula is C17H18N6O3. The van der Waals surface area contributed by atoms with E-state index in [9.17, 15) is 9.59 Å². The molecule has 0 saturated heterocycles. The number of anilines is 2. The Morgan fingerprint density at radius 1 is 1.35 bits per heavy atom. The number of nitrogens with zero attached hydrogens (tertiary/aromatic N) is 3. The molecule has 1 heterocycles. The predicted octanol–water partition coefficient (Wildman–Crippen LogP) is 1.37. The van der Waals surface area contributed by atoms with Crippen LogP contribution in [0.4, 0.5) is 11.4 Å². The number of hydrazine groups is 1. The fourth-order valence-corrected chi connectivity index (χ4v) is 2.57. The summed E-state index contributed by atoms with van der Waals surface area (Å²) in [6.45, 7) is 0. The second-order valence-corrected chi connectivity index (χ2v) is 5.60. The van der Waals surface area contributed by atoms with Crippen LogP contribution in [-0.4, -0.2) is 34.8 Å². The normalized spacial score (nSPS) is 10.5. The second kappa shape index (κ2) is 7.62. The van der Waals surface area contributed by atoms with E-state index in [2.05, 4.69) is 20.7 Å². The Kier molecular flexibility index (Phi) is 5.09. The van der Waals surface area contributed by atoms with Gasteiger partial charge in [0.25, 0.3) is 0 Å². The Balaban J connectivity index is 1.67. The number of aromatic amines is 1. The van der Waals surface area contributed by atoms with Crippen molar-refractivity contribution in [3.63, 3.8) is 0 Å². The van der Waals surface area contributed by atoms with Gasteiger partial charge in [-0.2, -0.15) is 0 Å². The van der Waals surface area contributed by atoms with E-state index in [4.69, 9.17) is 10.6 Å². The smallest absolute Gasteiger partial charge is 0.228 e. The van der Waals surface area contributed by atoms with E-state index in [-0.39, 0.29) is 12.3 Å². The molecule has 3 aromatic rings. The van der Waals surface area contributed by atoms with E-state index in [0.29, 0.717) is 35.5 Å². The third kappa shape index (κ3) is 3.78. The minimum atomic E-state index is -0.153. The molecule has 0 spiro atoms. The van der Waals surface area contributed by atoms with Gasteiger partial charge >= 0.3 is 0 Å². The molecule has 0 bridgehead atoms. The van der Waals surface area contributed by atoms with Gasteiger partial charge in [-0.25, -0.2) is 5.84 Å². The number of ether oxygens (including phenoxy) is 1. The SMILES string of the molecule is COc1ccc(N(N)C=O)cc1CCC(=O)Nc1ccc2[nH]nnc2c1. The fourth-order valence-electron chi connectivity index (χ4n) is 2.57. The highest BCUT2D eigenvalue weighted by atomic mass is 16.5. The van der Waals surface area contributed by atoms with Gasteiger partial charge in [-0.05, 0) is 48.4 Å². The van der Waals surface area contributed by atoms with E-state index >= 15 is 0 Å². The van der Waals surface area contributed by atoms with Gasteiger partial charge in [0.1, 0.15) is 11.3 Å². The highest BCUT2D eigenvalue weighted by Crippen LogP contribution is 2.25. The summed E-state index contributed by atoms with van der Waals surface area (Å²) in [6.07, 6.45) is 1.18. The number of carbonyl (C=O) groups excluding carboxylic acids is 2. The molecule has 3 rings (SSSR count). The lowest BCUT2D eigenvalue weighted by Crippen LogP contribution is -2.28. The molecule has 0 fully saturated rings. The maximum absolute atomic E-state index is 12.2. The predicted molar refractivity (Wildman–Crippen MR) is 96.6 cm³/mol. The van der Waals surface area contributed by atoms with Crippen LogP contribution in [0.3, 0.4) is 0 Å². The zero-order chi connectivity index (χ0) is 18.5. The molecule has 0 saturated carbocycles. The quantitative estimate of drug-likeness (QED) is 0.255. The number of fused-ring (bicyclic) bond motifs is 1. The second-order valence-electron chi connectivity index (χ2n) is 5.60. The zero-order valence-corrected chi connectivity index (χ0v) is 14.1. The molecule has 2 aromatic carbocycles. The number of aromatic nitrogens is 3. The van der Waals surface area contributed by atoms with Gasteiger partial charge in [0.2, 0.25) is 12.3 Å². The van der Waals surface area contributed by atoms with Crippen LogP contribution in [0.25, 0.3) is 11.0 Å². The average molecular weight is 354 g/mol. The molecule has 0 aliphatic heterocycles. The lowest BCUT2D eigenvalue weighted by molar-refractivity contribution is -0.116. The van der Waals surface area contributed by atoms with Gasteiger partial charge in [-0.3, -0.25) is 19.7 Å². The molecule has 4 N–H and O–H groups in total. The van der Waals surface area contributed by atoms with E-state index in [1.807, 2.05) is 0 Å². The first-order chi connectivity index (χ1) is 12.6. The van der Waals surface area contributed by atoms with Crippen molar-refractivity contribution >= 4 is 34.7 Å². The Labute approximate surface area is 149 Å². The van der Waals surface area contributed by atoms with Crippen LogP contribution in [0.1, 0.15) is 12.0 Å². The first-order valence-corrected chi connectivity index (χ1v) is 7.87. The van der Waals surface area contributed by atoms with Crippen LogP contribution in [0.5, 0.6) is 5.75 Å². The number of benzene rings is 2. The molecule has 2 amide bonds. The molecule has 9 heteroatoms. The summed E-state index contributed by atoms with van der Waals surface area (Å²) in [5.74, 6) is 6.06. The van der Waals surface area contributed by atoms with Crippen molar-refractivity contribution in [1.29, 1.82) is 0 Å². The highest BCUT2D eigenvalue weighted by molar-refractivity contribution is 5.93. The van der Waals surface area contributed by atoms with Crippen molar-refractivity contribution in [1.82, 2.24) is 15.4 Å². The molecule has 1 aromatic heterocycles. The largest absolute Gasteiger partial charge is 0.496 e. The molecule has 0 aliphatic carbocycles. The van der Waals surface area contributed by atoms with E-state index in [1.165, 1.54) is 0 Å². The van der Waals surface area contributed by atoms with Crippen molar-refractivity contribution in [3.05, 3.63) is 42.0 Å². The third-order valence-electron chi connectivity index (χ3n) is 3.91. The van der Waals surface area contributed by atoms with Gasteiger partial charge in [0.05, 0.1) is 18.3 Å². The maximum Gasteiger partial charge on any atom is 0.228 e. The van der Waals surface area contributed by atoms with E-state index < -0.39 is 0 Å². The molecule has 0 unspecified atom stereocenters. The summed E-state index contributed by atoms with van der Waals surface area (Å²) in [6, 6.07) is 10.4. The lowest BCUT2D eigenvalue weighted by atomic mass is 10.1. The first kappa shape index (κ1) is 17.4. The molecular weight excluding hydrogens is 336 g/mol. The monoisotopic (exact) mass is 354 g/mol. The molecule has 0 aliphatic rings. The highest BCUT2D eigenvalue weighted by Gasteiger charge is 2.11. The van der Waals surface area contributed by atoms with E-state index in [1.54, 1.807) is 43.5 Å². The van der Waals surface area contributed by atoms with Crippen molar-refractivity contribution < 1.29 is 14.3 Å². The van der Waals surface area contributed by atoms with Crippen LogP contribution in [0.2, 0.25) is 0 Å². The van der Waals surface area contributed by atoms with E-state index in [0.717, 1.165) is 16.1 Å². The van der Waals surface area contributed by atoms with Crippen LogP contribution < -0.4 is 20.9 Å². The number of rotatable bonds is 7. The van der Waals surface area contributed by atoms with Gasteiger partial charge < -0.3 is 10.1 Å². The topological polar surface area (TPSA) is 126 Å². The number of methoxy groups -OCH3 is 1. The van der Waals surface area contributed by atoms with Crippen LogP contribution in [-0.2, 0) is 16.0 Å². The molecule has 134 valence electrons. The van der Waals surface area contributed by atoms with Crippen LogP contribution in [0.15, 0.2) is 36.4 Å². The number of carbonyl (C=O) groups is 2. The number of nitrogens with one attached hydrogen (secondary N) is 2. The number of amides is 2. The van der Waals surface area contributed by atoms with Gasteiger partial charge in [0.15, 0.2) is 0 Å². The first-order valence-electron chi connectivity index (χ1n) is 7.87. The average Bonchev–Trinajstić information content (AvgIpc) is 3.13. The third-order valence-corrected chi connectivity index (χ3v) is 3.91. The summed E-state index contributed by atoms with van der Waals surface area (Å²) in [4.78, 5) is 23.1. The maximum atomic E-state index is 12.2. The molecule has 9 nitrogen and oxygen atoms in total. The van der Waals surface area contributed by atoms with Crippen LogP contribution >= 0.6 is 0 Å². The van der Waals surface area contributed by atoms with Crippen molar-refractivity contribution in [2.45, 2.75) is 12.8 Å². The Bertz CT molecular complexity index is 939. The standard InChI is InChI=1S/C17H18N6O3/c1-26-16-6-4-13(23(18)10-24)8-11(16)2-7-17(25)19-12-3-5-14-15(9-12)21-22-20-14/h3-6,8-10H,2,7,18H2,1H3,(H,19,25)(H,20,21,22). The summed E-state index contributed by atoms with van der Waals surface area (Å²) >= 11 is 0.